The summed E-state index contributed by atoms with van der Waals surface area (Å²) in [5.41, 5.74) is 3.57. The van der Waals surface area contributed by atoms with Crippen LogP contribution < -0.4 is 5.32 Å². The molecule has 3 unspecified atom stereocenters. The Bertz CT molecular complexity index is 1070. The molecular formula is C23H22ClFN2O2. The number of halogens is 2. The number of anilines is 2. The van der Waals surface area contributed by atoms with Gasteiger partial charge in [0.2, 0.25) is 0 Å². The van der Waals surface area contributed by atoms with Gasteiger partial charge in [0.25, 0.3) is 0 Å². The molecule has 29 heavy (non-hydrogen) atoms. The van der Waals surface area contributed by atoms with Crippen LogP contribution in [0.5, 0.6) is 0 Å². The number of benzene rings is 3. The fourth-order valence-corrected chi connectivity index (χ4v) is 4.64. The molecule has 0 saturated carbocycles. The summed E-state index contributed by atoms with van der Waals surface area (Å²) in [6, 6.07) is 14.6. The van der Waals surface area contributed by atoms with Gasteiger partial charge in [0, 0.05) is 41.8 Å². The van der Waals surface area contributed by atoms with E-state index in [1.807, 2.05) is 37.3 Å². The third kappa shape index (κ3) is 3.38. The molecule has 0 radical (unpaired) electrons. The lowest BCUT2D eigenvalue weighted by atomic mass is 9.94. The fraction of sp³-hybridized carbons (Fsp3) is 0.304. The van der Waals surface area contributed by atoms with Crippen LogP contribution in [0.15, 0.2) is 48.5 Å². The molecule has 2 bridgehead atoms. The Hall–Kier alpha value is -2.18. The van der Waals surface area contributed by atoms with Crippen LogP contribution in [0.3, 0.4) is 0 Å². The summed E-state index contributed by atoms with van der Waals surface area (Å²) in [6.45, 7) is 3.55. The van der Waals surface area contributed by atoms with Crippen LogP contribution in [0.1, 0.15) is 23.8 Å². The van der Waals surface area contributed by atoms with Crippen LogP contribution in [0.4, 0.5) is 15.8 Å². The normalized spacial score (nSPS) is 22.3. The van der Waals surface area contributed by atoms with Crippen molar-refractivity contribution in [1.82, 2.24) is 4.90 Å². The number of fused-ring (bicyclic) bond motifs is 3. The van der Waals surface area contributed by atoms with Gasteiger partial charge in [-0.05, 0) is 42.1 Å². The fourth-order valence-electron chi connectivity index (χ4n) is 4.46. The predicted molar refractivity (Wildman–Crippen MR) is 113 cm³/mol. The third-order valence-corrected chi connectivity index (χ3v) is 6.18. The van der Waals surface area contributed by atoms with E-state index in [4.69, 9.17) is 16.3 Å². The summed E-state index contributed by atoms with van der Waals surface area (Å²) < 4.78 is 19.2. The van der Waals surface area contributed by atoms with Crippen LogP contribution in [0.2, 0.25) is 5.02 Å². The van der Waals surface area contributed by atoms with Crippen molar-refractivity contribution in [2.75, 3.05) is 18.4 Å². The second-order valence-electron chi connectivity index (χ2n) is 7.90. The summed E-state index contributed by atoms with van der Waals surface area (Å²) in [5, 5.41) is 16.6. The molecule has 6 rings (SSSR count). The molecule has 3 aromatic carbocycles. The quantitative estimate of drug-likeness (QED) is 0.622. The van der Waals surface area contributed by atoms with Gasteiger partial charge in [-0.1, -0.05) is 35.9 Å². The molecular weight excluding hydrogens is 391 g/mol. The minimum Gasteiger partial charge on any atom is -0.374 e. The zero-order valence-corrected chi connectivity index (χ0v) is 16.8. The molecule has 150 valence electrons. The third-order valence-electron chi connectivity index (χ3n) is 5.89. The van der Waals surface area contributed by atoms with E-state index in [0.29, 0.717) is 5.69 Å². The first-order chi connectivity index (χ1) is 14.0. The summed E-state index contributed by atoms with van der Waals surface area (Å²) in [6.07, 6.45) is 0.883. The summed E-state index contributed by atoms with van der Waals surface area (Å²) in [7, 11) is 0. The van der Waals surface area contributed by atoms with Gasteiger partial charge in [0.05, 0.1) is 17.2 Å². The highest BCUT2D eigenvalue weighted by molar-refractivity contribution is 6.31. The molecule has 3 aromatic rings. The number of ether oxygens (including phenoxy) is 1. The molecule has 0 aromatic heterocycles. The van der Waals surface area contributed by atoms with Crippen LogP contribution in [0.25, 0.3) is 10.8 Å². The van der Waals surface area contributed by atoms with Gasteiger partial charge in [-0.25, -0.2) is 4.39 Å². The van der Waals surface area contributed by atoms with Gasteiger partial charge in [-0.3, -0.25) is 4.90 Å². The average Bonchev–Trinajstić information content (AvgIpc) is 2.70. The molecule has 2 N–H and O–H groups in total. The maximum absolute atomic E-state index is 13.5. The van der Waals surface area contributed by atoms with Gasteiger partial charge in [-0.15, -0.1) is 0 Å². The lowest BCUT2D eigenvalue weighted by molar-refractivity contribution is -0.207. The minimum absolute atomic E-state index is 0.0772. The van der Waals surface area contributed by atoms with Crippen LogP contribution in [0, 0.1) is 12.7 Å². The van der Waals surface area contributed by atoms with E-state index < -0.39 is 12.0 Å². The molecule has 3 aliphatic heterocycles. The molecule has 0 spiro atoms. The van der Waals surface area contributed by atoms with Crippen LogP contribution >= 0.6 is 11.6 Å². The lowest BCUT2D eigenvalue weighted by Gasteiger charge is -2.48. The highest BCUT2D eigenvalue weighted by Crippen LogP contribution is 2.38. The largest absolute Gasteiger partial charge is 0.374 e. The van der Waals surface area contributed by atoms with Gasteiger partial charge in [0.15, 0.2) is 0 Å². The first kappa shape index (κ1) is 18.8. The Morgan fingerprint density at radius 2 is 1.93 bits per heavy atom. The van der Waals surface area contributed by atoms with E-state index in [9.17, 15) is 9.50 Å². The number of rotatable bonds is 4. The molecule has 0 aliphatic carbocycles. The lowest BCUT2D eigenvalue weighted by Crippen LogP contribution is -2.57. The first-order valence-electron chi connectivity index (χ1n) is 9.81. The molecule has 3 aliphatic rings. The van der Waals surface area contributed by atoms with Crippen molar-refractivity contribution in [1.29, 1.82) is 0 Å². The highest BCUT2D eigenvalue weighted by Gasteiger charge is 2.40. The molecule has 3 fully saturated rings. The van der Waals surface area contributed by atoms with Gasteiger partial charge < -0.3 is 15.2 Å². The first-order valence-corrected chi connectivity index (χ1v) is 10.2. The maximum atomic E-state index is 13.5. The van der Waals surface area contributed by atoms with Crippen molar-refractivity contribution < 1.29 is 14.2 Å². The topological polar surface area (TPSA) is 44.7 Å². The number of hydrogen-bond donors (Lipinski definition) is 2. The van der Waals surface area contributed by atoms with Crippen molar-refractivity contribution in [3.05, 3.63) is 70.5 Å². The van der Waals surface area contributed by atoms with Crippen molar-refractivity contribution in [2.24, 2.45) is 0 Å². The zero-order valence-electron chi connectivity index (χ0n) is 16.0. The minimum atomic E-state index is -0.679. The molecule has 0 amide bonds. The van der Waals surface area contributed by atoms with Crippen molar-refractivity contribution in [3.8, 4) is 0 Å². The number of piperidine rings is 1. The van der Waals surface area contributed by atoms with E-state index in [-0.39, 0.29) is 17.2 Å². The Morgan fingerprint density at radius 3 is 2.66 bits per heavy atom. The van der Waals surface area contributed by atoms with Crippen molar-refractivity contribution in [2.45, 2.75) is 31.8 Å². The molecule has 3 atom stereocenters. The Morgan fingerprint density at radius 1 is 1.17 bits per heavy atom. The molecule has 4 nitrogen and oxygen atoms in total. The highest BCUT2D eigenvalue weighted by atomic mass is 35.5. The van der Waals surface area contributed by atoms with Gasteiger partial charge in [-0.2, -0.15) is 0 Å². The van der Waals surface area contributed by atoms with Gasteiger partial charge in [0.1, 0.15) is 12.0 Å². The maximum Gasteiger partial charge on any atom is 0.141 e. The van der Waals surface area contributed by atoms with Crippen molar-refractivity contribution in [3.63, 3.8) is 0 Å². The summed E-state index contributed by atoms with van der Waals surface area (Å²) in [5.74, 6) is -0.444. The molecule has 3 heterocycles. The predicted octanol–water partition coefficient (Wildman–Crippen LogP) is 5.15. The molecule has 6 heteroatoms. The van der Waals surface area contributed by atoms with E-state index in [2.05, 4.69) is 10.2 Å². The second-order valence-corrected chi connectivity index (χ2v) is 8.30. The van der Waals surface area contributed by atoms with E-state index in [1.165, 1.54) is 6.07 Å². The number of hydrogen-bond acceptors (Lipinski definition) is 4. The van der Waals surface area contributed by atoms with Crippen molar-refractivity contribution >= 4 is 33.7 Å². The SMILES string of the molecule is Cc1cccc2c(Nc3ccc(F)c(Cl)c3)ccc(C(O)N3CC4CC(C3)O4)c12. The number of aliphatic hydroxyl groups is 1. The summed E-state index contributed by atoms with van der Waals surface area (Å²) >= 11 is 5.93. The number of morpholine rings is 1. The average molecular weight is 413 g/mol. The van der Waals surface area contributed by atoms with E-state index in [1.54, 1.807) is 12.1 Å². The zero-order chi connectivity index (χ0) is 20.1. The smallest absolute Gasteiger partial charge is 0.141 e. The number of nitrogens with zero attached hydrogens (tertiary/aromatic N) is 1. The number of aliphatic hydroxyl groups excluding tert-OH is 1. The standard InChI is InChI=1S/C23H22ClFN2O2/c1-13-3-2-4-17-21(26-14-5-7-20(25)19(24)9-14)8-6-18(22(13)17)23(28)27-11-15-10-16(12-27)29-15/h2-9,15-16,23,26,28H,10-12H2,1H3. The van der Waals surface area contributed by atoms with Gasteiger partial charge >= 0.3 is 0 Å². The molecule has 3 saturated heterocycles. The number of nitrogens with one attached hydrogen (secondary N) is 1. The Kier molecular flexibility index (Phi) is 4.71. The second kappa shape index (κ2) is 7.26. The Balaban J connectivity index is 1.53. The Labute approximate surface area is 173 Å². The van der Waals surface area contributed by atoms with E-state index in [0.717, 1.165) is 47.1 Å². The monoisotopic (exact) mass is 412 g/mol. The summed E-state index contributed by atoms with van der Waals surface area (Å²) in [4.78, 5) is 2.09. The van der Waals surface area contributed by atoms with E-state index >= 15 is 0 Å². The van der Waals surface area contributed by atoms with Crippen LogP contribution in [-0.2, 0) is 4.74 Å². The number of aryl methyl sites for hydroxylation is 1. The van der Waals surface area contributed by atoms with Crippen LogP contribution in [-0.4, -0.2) is 35.3 Å².